The van der Waals surface area contributed by atoms with Crippen LogP contribution in [0.2, 0.25) is 0 Å². The van der Waals surface area contributed by atoms with Crippen LogP contribution in [0.1, 0.15) is 61.3 Å². The van der Waals surface area contributed by atoms with Gasteiger partial charge >= 0.3 is 0 Å². The van der Waals surface area contributed by atoms with E-state index in [1.807, 2.05) is 32.0 Å². The SMILES string of the molecule is CC(=O)N1c2ccc(C(=O)NC3CCS(O)(O)CC3)cc2[C@H](Nc2nccc(C)n2)[C@@H](C)[C@@H]1C. The summed E-state index contributed by atoms with van der Waals surface area (Å²) >= 11 is 0. The van der Waals surface area contributed by atoms with Gasteiger partial charge in [0, 0.05) is 59.6 Å². The standard InChI is InChI=1S/C24H33N5O4S/c1-14-7-10-25-24(26-14)28-22-15(2)16(3)29(17(4)30)21-6-5-18(13-20(21)22)23(31)27-19-8-11-34(32,33)12-9-19/h5-7,10,13,15-16,19,22,32-33H,8-9,11-12H2,1-4H3,(H,27,31)(H,25,26,28)/t15-,16-,22+/m0/s1. The van der Waals surface area contributed by atoms with Gasteiger partial charge in [0.05, 0.1) is 6.04 Å². The summed E-state index contributed by atoms with van der Waals surface area (Å²) in [5, 5.41) is 6.46. The number of hydrogen-bond donors (Lipinski definition) is 4. The largest absolute Gasteiger partial charge is 0.349 e. The van der Waals surface area contributed by atoms with Gasteiger partial charge in [-0.15, -0.1) is 0 Å². The van der Waals surface area contributed by atoms with E-state index in [4.69, 9.17) is 0 Å². The third-order valence-corrected chi connectivity index (χ3v) is 8.70. The second-order valence-electron chi connectivity index (χ2n) is 9.36. The summed E-state index contributed by atoms with van der Waals surface area (Å²) in [6, 6.07) is 6.89. The van der Waals surface area contributed by atoms with Crippen LogP contribution in [0.25, 0.3) is 0 Å². The molecule has 2 aliphatic heterocycles. The lowest BCUT2D eigenvalue weighted by Crippen LogP contribution is -2.48. The maximum atomic E-state index is 13.1. The molecule has 1 saturated heterocycles. The number of amides is 2. The van der Waals surface area contributed by atoms with Crippen molar-refractivity contribution in [3.8, 4) is 0 Å². The van der Waals surface area contributed by atoms with Crippen molar-refractivity contribution in [2.45, 2.75) is 58.7 Å². The number of anilines is 2. The van der Waals surface area contributed by atoms with Gasteiger partial charge < -0.3 is 15.5 Å². The summed E-state index contributed by atoms with van der Waals surface area (Å²) in [5.74, 6) is 0.896. The number of aryl methyl sites for hydroxylation is 1. The Morgan fingerprint density at radius 3 is 2.50 bits per heavy atom. The molecule has 1 fully saturated rings. The Hall–Kier alpha value is -2.69. The Morgan fingerprint density at radius 2 is 1.85 bits per heavy atom. The number of carbonyl (C=O) groups is 2. The molecular formula is C24H33N5O4S. The first-order valence-corrected chi connectivity index (χ1v) is 13.5. The third kappa shape index (κ3) is 5.03. The van der Waals surface area contributed by atoms with Gasteiger partial charge in [0.15, 0.2) is 0 Å². The minimum absolute atomic E-state index is 0.0300. The first kappa shape index (κ1) is 24.4. The van der Waals surface area contributed by atoms with Crippen LogP contribution in [-0.4, -0.2) is 54.5 Å². The van der Waals surface area contributed by atoms with Gasteiger partial charge in [-0.25, -0.2) is 9.97 Å². The number of nitrogens with one attached hydrogen (secondary N) is 2. The highest BCUT2D eigenvalue weighted by Gasteiger charge is 2.39. The van der Waals surface area contributed by atoms with Gasteiger partial charge in [0.25, 0.3) is 5.91 Å². The minimum atomic E-state index is -2.50. The van der Waals surface area contributed by atoms with Crippen LogP contribution in [0.5, 0.6) is 0 Å². The summed E-state index contributed by atoms with van der Waals surface area (Å²) in [4.78, 5) is 36.2. The van der Waals surface area contributed by atoms with Crippen LogP contribution >= 0.6 is 10.6 Å². The van der Waals surface area contributed by atoms with Crippen LogP contribution in [0.4, 0.5) is 11.6 Å². The molecule has 2 amide bonds. The van der Waals surface area contributed by atoms with E-state index in [-0.39, 0.29) is 35.9 Å². The fraction of sp³-hybridized carbons (Fsp3) is 0.500. The fourth-order valence-electron chi connectivity index (χ4n) is 4.83. The second kappa shape index (κ2) is 9.52. The molecule has 2 aliphatic rings. The molecule has 1 aromatic carbocycles. The third-order valence-electron chi connectivity index (χ3n) is 6.92. The molecule has 1 aromatic heterocycles. The average Bonchev–Trinajstić information content (AvgIpc) is 2.78. The van der Waals surface area contributed by atoms with E-state index in [0.29, 0.717) is 35.9 Å². The lowest BCUT2D eigenvalue weighted by molar-refractivity contribution is -0.117. The van der Waals surface area contributed by atoms with Crippen molar-refractivity contribution in [3.63, 3.8) is 0 Å². The predicted octanol–water partition coefficient (Wildman–Crippen LogP) is 3.97. The van der Waals surface area contributed by atoms with Crippen molar-refractivity contribution in [1.29, 1.82) is 0 Å². The summed E-state index contributed by atoms with van der Waals surface area (Å²) in [6.45, 7) is 7.55. The molecule has 34 heavy (non-hydrogen) atoms. The fourth-order valence-corrected chi connectivity index (χ4v) is 6.35. The molecule has 184 valence electrons. The predicted molar refractivity (Wildman–Crippen MR) is 134 cm³/mol. The summed E-state index contributed by atoms with van der Waals surface area (Å²) in [6.07, 6.45) is 2.79. The van der Waals surface area contributed by atoms with Crippen LogP contribution in [0.15, 0.2) is 30.5 Å². The molecular weight excluding hydrogens is 454 g/mol. The van der Waals surface area contributed by atoms with E-state index in [2.05, 4.69) is 27.5 Å². The molecule has 0 aliphatic carbocycles. The summed E-state index contributed by atoms with van der Waals surface area (Å²) < 4.78 is 19.7. The molecule has 3 heterocycles. The van der Waals surface area contributed by atoms with Crippen molar-refractivity contribution < 1.29 is 18.7 Å². The van der Waals surface area contributed by atoms with E-state index in [1.54, 1.807) is 24.1 Å². The van der Waals surface area contributed by atoms with Crippen LogP contribution in [0, 0.1) is 12.8 Å². The van der Waals surface area contributed by atoms with Crippen molar-refractivity contribution in [3.05, 3.63) is 47.3 Å². The molecule has 0 unspecified atom stereocenters. The van der Waals surface area contributed by atoms with Crippen LogP contribution in [0.3, 0.4) is 0 Å². The number of aromatic nitrogens is 2. The Balaban J connectivity index is 1.64. The van der Waals surface area contributed by atoms with Gasteiger partial charge in [0.1, 0.15) is 0 Å². The van der Waals surface area contributed by atoms with E-state index in [1.165, 1.54) is 0 Å². The molecule has 0 radical (unpaired) electrons. The van der Waals surface area contributed by atoms with Gasteiger partial charge in [0.2, 0.25) is 11.9 Å². The maximum Gasteiger partial charge on any atom is 0.251 e. The van der Waals surface area contributed by atoms with Gasteiger partial charge in [-0.3, -0.25) is 18.7 Å². The molecule has 2 aromatic rings. The van der Waals surface area contributed by atoms with E-state index >= 15 is 0 Å². The van der Waals surface area contributed by atoms with Crippen LogP contribution < -0.4 is 15.5 Å². The first-order valence-electron chi connectivity index (χ1n) is 11.6. The molecule has 0 spiro atoms. The van der Waals surface area contributed by atoms with E-state index < -0.39 is 10.6 Å². The van der Waals surface area contributed by atoms with E-state index in [9.17, 15) is 18.7 Å². The molecule has 0 bridgehead atoms. The summed E-state index contributed by atoms with van der Waals surface area (Å²) in [7, 11) is -2.50. The lowest BCUT2D eigenvalue weighted by Gasteiger charge is -2.44. The lowest BCUT2D eigenvalue weighted by atomic mass is 9.82. The van der Waals surface area contributed by atoms with Crippen molar-refractivity contribution >= 4 is 34.0 Å². The molecule has 9 nitrogen and oxygen atoms in total. The molecule has 10 heteroatoms. The quantitative estimate of drug-likeness (QED) is 0.514. The molecule has 0 saturated carbocycles. The van der Waals surface area contributed by atoms with Gasteiger partial charge in [-0.1, -0.05) is 6.92 Å². The first-order chi connectivity index (χ1) is 16.1. The molecule has 4 N–H and O–H groups in total. The normalized spacial score (nSPS) is 25.2. The topological polar surface area (TPSA) is 128 Å². The molecule has 4 rings (SSSR count). The zero-order chi connectivity index (χ0) is 24.6. The van der Waals surface area contributed by atoms with Gasteiger partial charge in [-0.2, -0.15) is 10.6 Å². The zero-order valence-electron chi connectivity index (χ0n) is 20.0. The number of hydrogen-bond acceptors (Lipinski definition) is 7. The highest BCUT2D eigenvalue weighted by molar-refractivity contribution is 8.24. The smallest absolute Gasteiger partial charge is 0.251 e. The van der Waals surface area contributed by atoms with E-state index in [0.717, 1.165) is 16.9 Å². The number of nitrogens with zero attached hydrogens (tertiary/aromatic N) is 3. The van der Waals surface area contributed by atoms with Crippen LogP contribution in [-0.2, 0) is 4.79 Å². The number of benzene rings is 1. The summed E-state index contributed by atoms with van der Waals surface area (Å²) in [5.41, 5.74) is 2.96. The van der Waals surface area contributed by atoms with Gasteiger partial charge in [-0.05, 0) is 56.5 Å². The highest BCUT2D eigenvalue weighted by atomic mass is 32.3. The highest BCUT2D eigenvalue weighted by Crippen LogP contribution is 2.44. The Bertz CT molecular complexity index is 1080. The zero-order valence-corrected chi connectivity index (χ0v) is 20.8. The average molecular weight is 488 g/mol. The van der Waals surface area contributed by atoms with Crippen molar-refractivity contribution in [2.75, 3.05) is 21.7 Å². The second-order valence-corrected chi connectivity index (χ2v) is 11.8. The number of fused-ring (bicyclic) bond motifs is 1. The number of carbonyl (C=O) groups excluding carboxylic acids is 2. The Kier molecular flexibility index (Phi) is 6.84. The Morgan fingerprint density at radius 1 is 1.15 bits per heavy atom. The van der Waals surface area contributed by atoms with Crippen molar-refractivity contribution in [1.82, 2.24) is 15.3 Å². The maximum absolute atomic E-state index is 13.1. The Labute approximate surface area is 201 Å². The van der Waals surface area contributed by atoms with Crippen molar-refractivity contribution in [2.24, 2.45) is 5.92 Å². The number of rotatable bonds is 4. The minimum Gasteiger partial charge on any atom is -0.349 e. The molecule has 3 atom stereocenters. The monoisotopic (exact) mass is 487 g/mol.